The summed E-state index contributed by atoms with van der Waals surface area (Å²) in [4.78, 5) is 10.5. The number of hydrogen-bond donors (Lipinski definition) is 0. The summed E-state index contributed by atoms with van der Waals surface area (Å²) in [6.07, 6.45) is 0. The van der Waals surface area contributed by atoms with Gasteiger partial charge in [-0.25, -0.2) is 9.97 Å². The molecule has 4 aromatic heterocycles. The molecule has 4 heterocycles. The third-order valence-corrected chi connectivity index (χ3v) is 10.3. The molecule has 0 bridgehead atoms. The van der Waals surface area contributed by atoms with Crippen LogP contribution in [-0.4, -0.2) is 14.5 Å². The number of rotatable bonds is 5. The second-order valence-corrected chi connectivity index (χ2v) is 14.2. The lowest BCUT2D eigenvalue weighted by molar-refractivity contribution is 0.652. The van der Waals surface area contributed by atoms with Gasteiger partial charge in [-0.15, -0.1) is 0 Å². The number of benzene rings is 6. The van der Waals surface area contributed by atoms with E-state index in [1.807, 2.05) is 18.2 Å². The Morgan fingerprint density at radius 2 is 1.25 bits per heavy atom. The molecular weight excluding hydrogens is 627 g/mol. The highest BCUT2D eigenvalue weighted by atomic mass is 16.3. The van der Waals surface area contributed by atoms with E-state index < -0.39 is 0 Å². The van der Waals surface area contributed by atoms with Crippen LogP contribution in [0.3, 0.4) is 0 Å². The lowest BCUT2D eigenvalue weighted by atomic mass is 9.88. The minimum absolute atomic E-state index is 0.248. The van der Waals surface area contributed by atoms with Gasteiger partial charge >= 0.3 is 0 Å². The lowest BCUT2D eigenvalue weighted by Crippen LogP contribution is -2.09. The van der Waals surface area contributed by atoms with Crippen LogP contribution in [0.5, 0.6) is 0 Å². The molecule has 0 saturated carbocycles. The van der Waals surface area contributed by atoms with Crippen LogP contribution in [-0.2, 0) is 0 Å². The molecule has 51 heavy (non-hydrogen) atoms. The average molecular weight is 662 g/mol. The second-order valence-electron chi connectivity index (χ2n) is 14.2. The zero-order valence-electron chi connectivity index (χ0n) is 28.9. The van der Waals surface area contributed by atoms with E-state index in [2.05, 4.69) is 141 Å². The summed E-state index contributed by atoms with van der Waals surface area (Å²) in [5, 5.41) is 5.24. The van der Waals surface area contributed by atoms with Gasteiger partial charge in [-0.1, -0.05) is 113 Å². The number of nitrogens with zero attached hydrogens (tertiary/aromatic N) is 3. The number of pyridine rings is 1. The van der Waals surface area contributed by atoms with E-state index in [0.29, 0.717) is 5.71 Å². The van der Waals surface area contributed by atoms with Crippen LogP contribution in [0, 0.1) is 0 Å². The number of furan rings is 2. The smallest absolute Gasteiger partial charge is 0.228 e. The summed E-state index contributed by atoms with van der Waals surface area (Å²) in [6, 6.07) is 44.8. The molecule has 0 aliphatic heterocycles. The fourth-order valence-electron chi connectivity index (χ4n) is 7.87. The van der Waals surface area contributed by atoms with E-state index in [1.165, 1.54) is 33.3 Å². The molecule has 0 fully saturated rings. The Labute approximate surface area is 294 Å². The molecule has 10 rings (SSSR count). The largest absolute Gasteiger partial charge is 0.454 e. The van der Waals surface area contributed by atoms with E-state index in [1.54, 1.807) is 0 Å². The third-order valence-electron chi connectivity index (χ3n) is 10.3. The summed E-state index contributed by atoms with van der Waals surface area (Å²) in [6.45, 7) is 9.17. The molecule has 10 aromatic rings. The fourth-order valence-corrected chi connectivity index (χ4v) is 7.87. The van der Waals surface area contributed by atoms with Gasteiger partial charge in [0.15, 0.2) is 5.58 Å². The van der Waals surface area contributed by atoms with Crippen LogP contribution in [0.25, 0.3) is 94.1 Å². The maximum atomic E-state index is 6.81. The summed E-state index contributed by atoms with van der Waals surface area (Å²) in [7, 11) is 0. The fraction of sp³-hybridized carbons (Fsp3) is 0.130. The first-order valence-corrected chi connectivity index (χ1v) is 17.7. The maximum absolute atomic E-state index is 6.81. The monoisotopic (exact) mass is 661 g/mol. The molecule has 0 spiro atoms. The van der Waals surface area contributed by atoms with Crippen LogP contribution in [0.2, 0.25) is 0 Å². The van der Waals surface area contributed by atoms with Gasteiger partial charge in [0.1, 0.15) is 22.5 Å². The summed E-state index contributed by atoms with van der Waals surface area (Å²) in [5.41, 5.74) is 12.8. The Morgan fingerprint density at radius 3 is 2.04 bits per heavy atom. The van der Waals surface area contributed by atoms with Crippen molar-refractivity contribution in [3.63, 3.8) is 0 Å². The zero-order valence-corrected chi connectivity index (χ0v) is 28.9. The van der Waals surface area contributed by atoms with Crippen molar-refractivity contribution in [2.75, 3.05) is 0 Å². The average Bonchev–Trinajstić information content (AvgIpc) is 3.84. The number of hydrogen-bond acceptors (Lipinski definition) is 4. The predicted molar refractivity (Wildman–Crippen MR) is 210 cm³/mol. The van der Waals surface area contributed by atoms with E-state index in [4.69, 9.17) is 18.8 Å². The molecule has 5 nitrogen and oxygen atoms in total. The Kier molecular flexibility index (Phi) is 6.50. The molecule has 0 aliphatic carbocycles. The molecule has 0 atom stereocenters. The standard InChI is InChI=1S/C46H35N3O2/c1-26(2)35-23-30(28-13-6-5-7-14-28)24-36(27(3)4)42(35)49-43-31-16-9-8-15-29(31)21-22-38(43)47-45(49)34-19-12-18-33-41-40(50-44(33)34)25-37-32-17-10-11-20-39(32)51-46(37)48-41/h5-27H,1-4H3. The first-order chi connectivity index (χ1) is 24.9. The Hall–Kier alpha value is -6.20. The molecule has 0 unspecified atom stereocenters. The van der Waals surface area contributed by atoms with Crippen molar-refractivity contribution in [1.29, 1.82) is 0 Å². The van der Waals surface area contributed by atoms with Crippen LogP contribution in [0.15, 0.2) is 136 Å². The first kappa shape index (κ1) is 29.7. The van der Waals surface area contributed by atoms with Crippen LogP contribution >= 0.6 is 0 Å². The van der Waals surface area contributed by atoms with Crippen molar-refractivity contribution in [2.24, 2.45) is 0 Å². The minimum atomic E-state index is 0.248. The predicted octanol–water partition coefficient (Wildman–Crippen LogP) is 13.0. The zero-order chi connectivity index (χ0) is 34.4. The third kappa shape index (κ3) is 4.47. The van der Waals surface area contributed by atoms with Gasteiger partial charge in [0.2, 0.25) is 5.71 Å². The Morgan fingerprint density at radius 1 is 0.549 bits per heavy atom. The number of aromatic nitrogens is 3. The molecular formula is C46H35N3O2. The molecule has 5 heteroatoms. The highest BCUT2D eigenvalue weighted by Gasteiger charge is 2.27. The normalized spacial score (nSPS) is 12.3. The maximum Gasteiger partial charge on any atom is 0.228 e. The summed E-state index contributed by atoms with van der Waals surface area (Å²) >= 11 is 0. The number of imidazole rings is 1. The van der Waals surface area contributed by atoms with Gasteiger partial charge in [0, 0.05) is 16.2 Å². The molecule has 246 valence electrons. The molecule has 0 aliphatic rings. The van der Waals surface area contributed by atoms with Crippen molar-refractivity contribution in [1.82, 2.24) is 14.5 Å². The molecule has 0 amide bonds. The van der Waals surface area contributed by atoms with Crippen molar-refractivity contribution < 1.29 is 8.83 Å². The van der Waals surface area contributed by atoms with Crippen LogP contribution in [0.1, 0.15) is 50.7 Å². The highest BCUT2D eigenvalue weighted by Crippen LogP contribution is 2.44. The highest BCUT2D eigenvalue weighted by molar-refractivity contribution is 6.14. The number of para-hydroxylation sites is 2. The Balaban J connectivity index is 1.32. The van der Waals surface area contributed by atoms with Gasteiger partial charge in [-0.2, -0.15) is 0 Å². The summed E-state index contributed by atoms with van der Waals surface area (Å²) < 4.78 is 15.4. The van der Waals surface area contributed by atoms with Gasteiger partial charge < -0.3 is 8.83 Å². The topological polar surface area (TPSA) is 57.0 Å². The van der Waals surface area contributed by atoms with E-state index in [-0.39, 0.29) is 11.8 Å². The van der Waals surface area contributed by atoms with Crippen molar-refractivity contribution >= 4 is 65.9 Å². The molecule has 0 saturated heterocycles. The van der Waals surface area contributed by atoms with E-state index >= 15 is 0 Å². The molecule has 0 N–H and O–H groups in total. The van der Waals surface area contributed by atoms with E-state index in [9.17, 15) is 0 Å². The number of fused-ring (bicyclic) bond motifs is 9. The first-order valence-electron chi connectivity index (χ1n) is 17.7. The Bertz CT molecular complexity index is 2950. The van der Waals surface area contributed by atoms with Gasteiger partial charge in [-0.3, -0.25) is 4.57 Å². The SMILES string of the molecule is CC(C)c1cc(-c2ccccc2)cc(C(C)C)c1-n1c(-c2cccc3c2oc2cc4c(nc23)oc2ccccc24)nc2ccc3ccccc3c21. The van der Waals surface area contributed by atoms with Crippen molar-refractivity contribution in [3.05, 3.63) is 139 Å². The van der Waals surface area contributed by atoms with Crippen LogP contribution < -0.4 is 0 Å². The van der Waals surface area contributed by atoms with Crippen molar-refractivity contribution in [3.8, 4) is 28.2 Å². The second kappa shape index (κ2) is 11.2. The minimum Gasteiger partial charge on any atom is -0.454 e. The van der Waals surface area contributed by atoms with Gasteiger partial charge in [-0.05, 0) is 81.9 Å². The molecule has 6 aromatic carbocycles. The quantitative estimate of drug-likeness (QED) is 0.184. The van der Waals surface area contributed by atoms with Crippen molar-refractivity contribution in [2.45, 2.75) is 39.5 Å². The lowest BCUT2D eigenvalue weighted by Gasteiger charge is -2.24. The summed E-state index contributed by atoms with van der Waals surface area (Å²) in [5.74, 6) is 1.34. The van der Waals surface area contributed by atoms with Crippen LogP contribution in [0.4, 0.5) is 0 Å². The van der Waals surface area contributed by atoms with Gasteiger partial charge in [0.25, 0.3) is 0 Å². The van der Waals surface area contributed by atoms with E-state index in [0.717, 1.165) is 66.2 Å². The molecule has 0 radical (unpaired) electrons. The van der Waals surface area contributed by atoms with Gasteiger partial charge in [0.05, 0.1) is 27.7 Å².